The molecule has 0 aromatic heterocycles. The fourth-order valence-corrected chi connectivity index (χ4v) is 1.17. The van der Waals surface area contributed by atoms with Gasteiger partial charge < -0.3 is 4.74 Å². The van der Waals surface area contributed by atoms with Crippen molar-refractivity contribution in [2.45, 2.75) is 0 Å². The normalized spacial score (nSPS) is 9.93. The lowest BCUT2D eigenvalue weighted by atomic mass is 10.3. The van der Waals surface area contributed by atoms with E-state index < -0.39 is 29.0 Å². The Bertz CT molecular complexity index is 372. The van der Waals surface area contributed by atoms with Crippen LogP contribution >= 0.6 is 15.9 Å². The number of hydrogen-bond donors (Lipinski definition) is 0. The Kier molecular flexibility index (Phi) is 3.34. The third-order valence-corrected chi connectivity index (χ3v) is 2.02. The maximum atomic E-state index is 12.9. The molecule has 0 aliphatic carbocycles. The van der Waals surface area contributed by atoms with Gasteiger partial charge in [0.2, 0.25) is 12.6 Å². The van der Waals surface area contributed by atoms with E-state index in [0.29, 0.717) is 0 Å². The summed E-state index contributed by atoms with van der Waals surface area (Å²) >= 11 is 2.77. The number of nitro benzene ring substituents is 1. The number of hydrogen-bond acceptors (Lipinski definition) is 3. The van der Waals surface area contributed by atoms with E-state index in [9.17, 15) is 18.9 Å². The number of ether oxygens (including phenoxy) is 1. The molecule has 0 amide bonds. The molecule has 0 N–H and O–H groups in total. The summed E-state index contributed by atoms with van der Waals surface area (Å²) in [5.41, 5.74) is -0.490. The van der Waals surface area contributed by atoms with Crippen LogP contribution in [0.25, 0.3) is 0 Å². The van der Waals surface area contributed by atoms with E-state index in [4.69, 9.17) is 0 Å². The fraction of sp³-hybridized carbons (Fsp3) is 0.143. The van der Waals surface area contributed by atoms with Crippen molar-refractivity contribution in [3.8, 4) is 5.75 Å². The van der Waals surface area contributed by atoms with Gasteiger partial charge in [-0.1, -0.05) is 0 Å². The van der Waals surface area contributed by atoms with Crippen molar-refractivity contribution in [2.75, 3.05) is 6.86 Å². The van der Waals surface area contributed by atoms with Crippen LogP contribution in [0.1, 0.15) is 0 Å². The Morgan fingerprint density at radius 1 is 1.57 bits per heavy atom. The van der Waals surface area contributed by atoms with E-state index in [2.05, 4.69) is 20.7 Å². The van der Waals surface area contributed by atoms with Crippen LogP contribution in [-0.2, 0) is 0 Å². The second-order valence-corrected chi connectivity index (χ2v) is 3.10. The third kappa shape index (κ3) is 2.16. The van der Waals surface area contributed by atoms with Crippen LogP contribution in [0, 0.1) is 15.9 Å². The Labute approximate surface area is 85.8 Å². The van der Waals surface area contributed by atoms with Crippen molar-refractivity contribution < 1.29 is 18.4 Å². The average Bonchev–Trinajstić information content (AvgIpc) is 2.11. The molecule has 7 heteroatoms. The van der Waals surface area contributed by atoms with Crippen LogP contribution in [0.5, 0.6) is 5.75 Å². The van der Waals surface area contributed by atoms with Crippen LogP contribution < -0.4 is 4.74 Å². The molecule has 0 spiro atoms. The largest absolute Gasteiger partial charge is 0.456 e. The summed E-state index contributed by atoms with van der Waals surface area (Å²) < 4.78 is 28.8. The van der Waals surface area contributed by atoms with E-state index in [1.54, 1.807) is 0 Å². The first-order chi connectivity index (χ1) is 6.56. The molecule has 0 saturated heterocycles. The quantitative estimate of drug-likeness (QED) is 0.625. The second-order valence-electron chi connectivity index (χ2n) is 2.24. The molecular formula is C7H4BrF2NO3. The van der Waals surface area contributed by atoms with Crippen LogP contribution in [0.3, 0.4) is 0 Å². The first-order valence-corrected chi connectivity index (χ1v) is 4.17. The van der Waals surface area contributed by atoms with E-state index in [1.807, 2.05) is 0 Å². The van der Waals surface area contributed by atoms with Crippen molar-refractivity contribution in [2.24, 2.45) is 0 Å². The highest BCUT2D eigenvalue weighted by atomic mass is 79.9. The molecule has 0 saturated carbocycles. The topological polar surface area (TPSA) is 52.4 Å². The molecule has 1 aromatic carbocycles. The molecular weight excluding hydrogens is 264 g/mol. The van der Waals surface area contributed by atoms with Crippen molar-refractivity contribution >= 4 is 21.6 Å². The van der Waals surface area contributed by atoms with Gasteiger partial charge in [-0.05, 0) is 15.9 Å². The first kappa shape index (κ1) is 10.8. The summed E-state index contributed by atoms with van der Waals surface area (Å²) in [6.07, 6.45) is 0. The number of alkyl halides is 1. The number of rotatable bonds is 3. The molecule has 0 aliphatic rings. The molecule has 1 aromatic rings. The van der Waals surface area contributed by atoms with Crippen LogP contribution in [0.4, 0.5) is 14.5 Å². The minimum Gasteiger partial charge on any atom is -0.456 e. The van der Waals surface area contributed by atoms with Gasteiger partial charge in [0.25, 0.3) is 0 Å². The zero-order valence-corrected chi connectivity index (χ0v) is 8.25. The standard InChI is InChI=1S/C7H4BrF2NO3/c8-4-1-6(11(12)13)7(14-3-9)2-5(4)10/h1-2H,3H2. The minimum absolute atomic E-state index is 0.0737. The highest BCUT2D eigenvalue weighted by Crippen LogP contribution is 2.32. The molecule has 0 unspecified atom stereocenters. The van der Waals surface area contributed by atoms with Gasteiger partial charge in [0.1, 0.15) is 5.82 Å². The van der Waals surface area contributed by atoms with Crippen molar-refractivity contribution in [3.05, 3.63) is 32.5 Å². The van der Waals surface area contributed by atoms with E-state index in [-0.39, 0.29) is 4.47 Å². The van der Waals surface area contributed by atoms with E-state index in [1.165, 1.54) is 0 Å². The lowest BCUT2D eigenvalue weighted by Gasteiger charge is -2.03. The first-order valence-electron chi connectivity index (χ1n) is 3.38. The molecule has 4 nitrogen and oxygen atoms in total. The number of nitrogens with zero attached hydrogens (tertiary/aromatic N) is 1. The molecule has 1 rings (SSSR count). The summed E-state index contributed by atoms with van der Waals surface area (Å²) in [6.45, 7) is -1.25. The highest BCUT2D eigenvalue weighted by molar-refractivity contribution is 9.10. The number of benzene rings is 1. The van der Waals surface area contributed by atoms with Crippen LogP contribution in [0.2, 0.25) is 0 Å². The van der Waals surface area contributed by atoms with Crippen molar-refractivity contribution in [1.82, 2.24) is 0 Å². The SMILES string of the molecule is O=[N+]([O-])c1cc(Br)c(F)cc1OCF. The lowest BCUT2D eigenvalue weighted by Crippen LogP contribution is -1.97. The van der Waals surface area contributed by atoms with E-state index in [0.717, 1.165) is 12.1 Å². The highest BCUT2D eigenvalue weighted by Gasteiger charge is 2.18. The Hall–Kier alpha value is -1.24. The predicted octanol–water partition coefficient (Wildman–Crippen LogP) is 2.80. The molecule has 0 fully saturated rings. The molecule has 14 heavy (non-hydrogen) atoms. The lowest BCUT2D eigenvalue weighted by molar-refractivity contribution is -0.386. The maximum absolute atomic E-state index is 12.9. The average molecular weight is 268 g/mol. The summed E-state index contributed by atoms with van der Waals surface area (Å²) in [6, 6.07) is 1.67. The van der Waals surface area contributed by atoms with E-state index >= 15 is 0 Å². The molecule has 0 heterocycles. The molecule has 0 bridgehead atoms. The van der Waals surface area contributed by atoms with Gasteiger partial charge in [-0.3, -0.25) is 10.1 Å². The minimum atomic E-state index is -1.25. The third-order valence-electron chi connectivity index (χ3n) is 1.41. The van der Waals surface area contributed by atoms with Crippen LogP contribution in [0.15, 0.2) is 16.6 Å². The summed E-state index contributed by atoms with van der Waals surface area (Å²) in [4.78, 5) is 9.64. The monoisotopic (exact) mass is 267 g/mol. The molecule has 0 atom stereocenters. The zero-order valence-electron chi connectivity index (χ0n) is 6.67. The van der Waals surface area contributed by atoms with Crippen molar-refractivity contribution in [1.29, 1.82) is 0 Å². The van der Waals surface area contributed by atoms with Gasteiger partial charge in [0.15, 0.2) is 0 Å². The van der Waals surface area contributed by atoms with Gasteiger partial charge in [0, 0.05) is 12.1 Å². The number of nitro groups is 1. The van der Waals surface area contributed by atoms with Gasteiger partial charge >= 0.3 is 5.69 Å². The second kappa shape index (κ2) is 4.32. The predicted molar refractivity (Wildman–Crippen MR) is 47.4 cm³/mol. The van der Waals surface area contributed by atoms with Crippen molar-refractivity contribution in [3.63, 3.8) is 0 Å². The maximum Gasteiger partial charge on any atom is 0.312 e. The van der Waals surface area contributed by atoms with Gasteiger partial charge in [-0.25, -0.2) is 8.78 Å². The van der Waals surface area contributed by atoms with Crippen LogP contribution in [-0.4, -0.2) is 11.8 Å². The smallest absolute Gasteiger partial charge is 0.312 e. The fourth-order valence-electron chi connectivity index (χ4n) is 0.835. The molecule has 0 radical (unpaired) electrons. The Morgan fingerprint density at radius 3 is 2.71 bits per heavy atom. The number of halogens is 3. The Balaban J connectivity index is 3.24. The summed E-state index contributed by atoms with van der Waals surface area (Å²) in [7, 11) is 0. The molecule has 76 valence electrons. The van der Waals surface area contributed by atoms with Gasteiger partial charge in [-0.2, -0.15) is 0 Å². The molecule has 0 aliphatic heterocycles. The summed E-state index contributed by atoms with van der Waals surface area (Å²) in [5, 5.41) is 10.4. The van der Waals surface area contributed by atoms with Gasteiger partial charge in [0.05, 0.1) is 9.40 Å². The summed E-state index contributed by atoms with van der Waals surface area (Å²) in [5.74, 6) is -1.18. The Morgan fingerprint density at radius 2 is 2.21 bits per heavy atom. The zero-order chi connectivity index (χ0) is 10.7. The van der Waals surface area contributed by atoms with Gasteiger partial charge in [-0.15, -0.1) is 0 Å².